The number of rotatable bonds is 2. The van der Waals surface area contributed by atoms with Crippen LogP contribution in [0, 0.1) is 11.3 Å². The Hall–Kier alpha value is 0.240. The van der Waals surface area contributed by atoms with Gasteiger partial charge in [-0.2, -0.15) is 0 Å². The Kier molecular flexibility index (Phi) is 3.61. The Morgan fingerprint density at radius 2 is 2.33 bits per heavy atom. The summed E-state index contributed by atoms with van der Waals surface area (Å²) < 4.78 is 0. The van der Waals surface area contributed by atoms with Gasteiger partial charge in [-0.15, -0.1) is 11.6 Å². The predicted molar refractivity (Wildman–Crippen MR) is 65.5 cm³/mol. The van der Waals surface area contributed by atoms with E-state index >= 15 is 0 Å². The molecule has 15 heavy (non-hydrogen) atoms. The Labute approximate surface area is 104 Å². The largest absolute Gasteiger partial charge is 0.341 e. The summed E-state index contributed by atoms with van der Waals surface area (Å²) in [5, 5.41) is 1.11. The molecule has 2 nitrogen and oxygen atoms in total. The average Bonchev–Trinajstić information content (AvgIpc) is 2.86. The number of hydrogen-bond donors (Lipinski definition) is 0. The van der Waals surface area contributed by atoms with E-state index < -0.39 is 0 Å². The van der Waals surface area contributed by atoms with Crippen LogP contribution in [0.25, 0.3) is 0 Å². The number of halogens is 2. The van der Waals surface area contributed by atoms with Crippen molar-refractivity contribution in [1.82, 2.24) is 4.90 Å². The molecule has 1 aliphatic carbocycles. The molecule has 86 valence electrons. The third-order valence-electron chi connectivity index (χ3n) is 3.93. The van der Waals surface area contributed by atoms with E-state index in [4.69, 9.17) is 11.6 Å². The van der Waals surface area contributed by atoms with Crippen LogP contribution in [0.3, 0.4) is 0 Å². The number of amides is 1. The third-order valence-corrected chi connectivity index (χ3v) is 5.07. The van der Waals surface area contributed by atoms with Crippen molar-refractivity contribution in [3.63, 3.8) is 0 Å². The number of carbonyl (C=O) groups excluding carboxylic acids is 1. The topological polar surface area (TPSA) is 20.3 Å². The molecule has 0 aromatic carbocycles. The lowest BCUT2D eigenvalue weighted by Crippen LogP contribution is -2.32. The second kappa shape index (κ2) is 4.62. The summed E-state index contributed by atoms with van der Waals surface area (Å²) in [5.74, 6) is 1.06. The quantitative estimate of drug-likeness (QED) is 0.717. The van der Waals surface area contributed by atoms with E-state index in [2.05, 4.69) is 15.9 Å². The number of hydrogen-bond acceptors (Lipinski definition) is 1. The van der Waals surface area contributed by atoms with Gasteiger partial charge in [0, 0.05) is 18.4 Å². The van der Waals surface area contributed by atoms with Gasteiger partial charge in [0.2, 0.25) is 5.91 Å². The van der Waals surface area contributed by atoms with Crippen LogP contribution in [-0.2, 0) is 4.79 Å². The minimum atomic E-state index is 0.107. The van der Waals surface area contributed by atoms with Crippen LogP contribution in [0.4, 0.5) is 0 Å². The van der Waals surface area contributed by atoms with E-state index in [1.807, 2.05) is 4.90 Å². The molecule has 1 aliphatic heterocycles. The van der Waals surface area contributed by atoms with Crippen LogP contribution in [0.5, 0.6) is 0 Å². The highest BCUT2D eigenvalue weighted by molar-refractivity contribution is 9.09. The Balaban J connectivity index is 1.94. The minimum Gasteiger partial charge on any atom is -0.341 e. The fourth-order valence-electron chi connectivity index (χ4n) is 3.06. The first kappa shape index (κ1) is 11.7. The monoisotopic (exact) mass is 293 g/mol. The van der Waals surface area contributed by atoms with Crippen LogP contribution < -0.4 is 0 Å². The molecule has 0 radical (unpaired) electrons. The van der Waals surface area contributed by atoms with Gasteiger partial charge in [0.1, 0.15) is 5.88 Å². The summed E-state index contributed by atoms with van der Waals surface area (Å²) in [6.45, 7) is 1.86. The molecule has 4 heteroatoms. The zero-order valence-electron chi connectivity index (χ0n) is 8.85. The molecular weight excluding hydrogens is 277 g/mol. The smallest absolute Gasteiger partial charge is 0.237 e. The first-order valence-corrected chi connectivity index (χ1v) is 7.24. The van der Waals surface area contributed by atoms with Crippen molar-refractivity contribution in [2.75, 3.05) is 24.3 Å². The van der Waals surface area contributed by atoms with Crippen molar-refractivity contribution in [2.45, 2.75) is 25.7 Å². The lowest BCUT2D eigenvalue weighted by atomic mass is 9.85. The molecule has 1 heterocycles. The molecule has 0 aromatic rings. The van der Waals surface area contributed by atoms with E-state index in [9.17, 15) is 4.79 Å². The van der Waals surface area contributed by atoms with Gasteiger partial charge in [-0.05, 0) is 37.0 Å². The van der Waals surface area contributed by atoms with E-state index in [1.165, 1.54) is 25.7 Å². The summed E-state index contributed by atoms with van der Waals surface area (Å²) in [6.07, 6.45) is 5.06. The third kappa shape index (κ3) is 2.33. The highest BCUT2D eigenvalue weighted by Crippen LogP contribution is 2.48. The first-order chi connectivity index (χ1) is 7.19. The van der Waals surface area contributed by atoms with E-state index in [0.29, 0.717) is 5.41 Å². The van der Waals surface area contributed by atoms with Gasteiger partial charge in [0.25, 0.3) is 0 Å². The van der Waals surface area contributed by atoms with Gasteiger partial charge in [0.15, 0.2) is 0 Å². The van der Waals surface area contributed by atoms with Gasteiger partial charge < -0.3 is 4.90 Å². The Bertz CT molecular complexity index is 261. The molecule has 1 spiro atoms. The number of likely N-dealkylation sites (tertiary alicyclic amines) is 1. The summed E-state index contributed by atoms with van der Waals surface area (Å²) in [6, 6.07) is 0. The molecular formula is C11H17BrClNO. The Morgan fingerprint density at radius 3 is 2.93 bits per heavy atom. The number of nitrogens with zero attached hydrogens (tertiary/aromatic N) is 1. The van der Waals surface area contributed by atoms with E-state index in [0.717, 1.165) is 24.3 Å². The zero-order chi connectivity index (χ0) is 10.9. The molecule has 0 aromatic heterocycles. The maximum absolute atomic E-state index is 11.5. The molecule has 2 aliphatic rings. The SMILES string of the molecule is O=C(CCl)N1CC[C@]2(CC[C@@H](CBr)C2)C1. The molecule has 1 saturated carbocycles. The van der Waals surface area contributed by atoms with Gasteiger partial charge in [0.05, 0.1) is 0 Å². The van der Waals surface area contributed by atoms with Gasteiger partial charge in [-0.1, -0.05) is 15.9 Å². The predicted octanol–water partition coefficient (Wildman–Crippen LogP) is 2.64. The highest BCUT2D eigenvalue weighted by Gasteiger charge is 2.44. The second-order valence-corrected chi connectivity index (χ2v) is 5.88. The summed E-state index contributed by atoms with van der Waals surface area (Å²) in [5.41, 5.74) is 0.431. The molecule has 0 N–H and O–H groups in total. The summed E-state index contributed by atoms with van der Waals surface area (Å²) >= 11 is 9.15. The van der Waals surface area contributed by atoms with Crippen molar-refractivity contribution in [3.8, 4) is 0 Å². The second-order valence-electron chi connectivity index (χ2n) is 4.96. The van der Waals surface area contributed by atoms with Crippen molar-refractivity contribution < 1.29 is 4.79 Å². The molecule has 2 fully saturated rings. The maximum Gasteiger partial charge on any atom is 0.237 e. The lowest BCUT2D eigenvalue weighted by Gasteiger charge is -2.23. The molecule has 1 amide bonds. The van der Waals surface area contributed by atoms with Crippen LogP contribution in [0.2, 0.25) is 0 Å². The molecule has 2 atom stereocenters. The van der Waals surface area contributed by atoms with Crippen molar-refractivity contribution >= 4 is 33.4 Å². The molecule has 2 rings (SSSR count). The fourth-order valence-corrected chi connectivity index (χ4v) is 3.78. The van der Waals surface area contributed by atoms with Crippen LogP contribution in [0.15, 0.2) is 0 Å². The zero-order valence-corrected chi connectivity index (χ0v) is 11.2. The number of alkyl halides is 2. The lowest BCUT2D eigenvalue weighted by molar-refractivity contribution is -0.127. The maximum atomic E-state index is 11.5. The average molecular weight is 295 g/mol. The van der Waals surface area contributed by atoms with E-state index in [-0.39, 0.29) is 11.8 Å². The van der Waals surface area contributed by atoms with E-state index in [1.54, 1.807) is 0 Å². The van der Waals surface area contributed by atoms with Crippen LogP contribution in [0.1, 0.15) is 25.7 Å². The minimum absolute atomic E-state index is 0.107. The summed E-state index contributed by atoms with van der Waals surface area (Å²) in [4.78, 5) is 13.4. The molecule has 1 saturated heterocycles. The van der Waals surface area contributed by atoms with Gasteiger partial charge >= 0.3 is 0 Å². The highest BCUT2D eigenvalue weighted by atomic mass is 79.9. The Morgan fingerprint density at radius 1 is 1.53 bits per heavy atom. The normalized spacial score (nSPS) is 35.3. The van der Waals surface area contributed by atoms with Crippen LogP contribution in [-0.4, -0.2) is 35.1 Å². The molecule has 0 bridgehead atoms. The first-order valence-electron chi connectivity index (χ1n) is 5.59. The van der Waals surface area contributed by atoms with Crippen molar-refractivity contribution in [1.29, 1.82) is 0 Å². The summed E-state index contributed by atoms with van der Waals surface area (Å²) in [7, 11) is 0. The van der Waals surface area contributed by atoms with Gasteiger partial charge in [-0.3, -0.25) is 4.79 Å². The van der Waals surface area contributed by atoms with Crippen molar-refractivity contribution in [2.24, 2.45) is 11.3 Å². The van der Waals surface area contributed by atoms with Crippen LogP contribution >= 0.6 is 27.5 Å². The fraction of sp³-hybridized carbons (Fsp3) is 0.909. The van der Waals surface area contributed by atoms with Crippen molar-refractivity contribution in [3.05, 3.63) is 0 Å². The standard InChI is InChI=1S/C11H17BrClNO/c12-6-9-1-2-11(5-9)3-4-14(8-11)10(15)7-13/h9H,1-8H2/t9-,11+/m1/s1. The molecule has 0 unspecified atom stereocenters. The van der Waals surface area contributed by atoms with Gasteiger partial charge in [-0.25, -0.2) is 0 Å². The number of carbonyl (C=O) groups is 1.